The molecule has 5 aromatic rings. The Labute approximate surface area is 145 Å². The van der Waals surface area contributed by atoms with Crippen LogP contribution in [0.3, 0.4) is 0 Å². The van der Waals surface area contributed by atoms with E-state index < -0.39 is 6.23 Å². The van der Waals surface area contributed by atoms with Crippen LogP contribution in [0.5, 0.6) is 0 Å². The highest BCUT2D eigenvalue weighted by molar-refractivity contribution is 6.33. The largest absolute Gasteiger partial charge is 0.374 e. The Balaban J connectivity index is 2.00. The van der Waals surface area contributed by atoms with E-state index in [9.17, 15) is 5.11 Å². The Morgan fingerprint density at radius 3 is 1.96 bits per heavy atom. The van der Waals surface area contributed by atoms with Crippen molar-refractivity contribution in [3.63, 3.8) is 0 Å². The van der Waals surface area contributed by atoms with Crippen LogP contribution < -0.4 is 5.32 Å². The molecule has 2 atom stereocenters. The van der Waals surface area contributed by atoms with E-state index in [1.54, 1.807) is 0 Å². The third kappa shape index (κ3) is 1.56. The van der Waals surface area contributed by atoms with Crippen LogP contribution in [0.25, 0.3) is 43.1 Å². The van der Waals surface area contributed by atoms with Gasteiger partial charge < -0.3 is 5.11 Å². The number of benzene rings is 5. The average Bonchev–Trinajstić information content (AvgIpc) is 2.64. The van der Waals surface area contributed by atoms with E-state index in [0.29, 0.717) is 0 Å². The first-order valence-electron chi connectivity index (χ1n) is 8.80. The molecule has 5 aromatic carbocycles. The van der Waals surface area contributed by atoms with Gasteiger partial charge in [0.2, 0.25) is 0 Å². The maximum atomic E-state index is 10.6. The summed E-state index contributed by atoms with van der Waals surface area (Å²) in [5.41, 5.74) is 2.26. The van der Waals surface area contributed by atoms with Crippen molar-refractivity contribution in [2.45, 2.75) is 19.2 Å². The normalized spacial score (nSPS) is 20.2. The lowest BCUT2D eigenvalue weighted by molar-refractivity contribution is 0.124. The molecular formula is C23H17NO. The van der Waals surface area contributed by atoms with Gasteiger partial charge in [-0.2, -0.15) is 0 Å². The molecular weight excluding hydrogens is 306 g/mol. The van der Waals surface area contributed by atoms with E-state index in [2.05, 4.69) is 72.9 Å². The number of hydrogen-bond acceptors (Lipinski definition) is 2. The Hall–Kier alpha value is -2.68. The zero-order chi connectivity index (χ0) is 16.7. The summed E-state index contributed by atoms with van der Waals surface area (Å²) in [6, 6.07) is 22.0. The van der Waals surface area contributed by atoms with Crippen molar-refractivity contribution >= 4 is 43.1 Å². The second-order valence-corrected chi connectivity index (χ2v) is 7.15. The molecule has 2 unspecified atom stereocenters. The first-order chi connectivity index (χ1) is 12.2. The van der Waals surface area contributed by atoms with Gasteiger partial charge in [-0.25, -0.2) is 0 Å². The molecule has 2 N–H and O–H groups in total. The van der Waals surface area contributed by atoms with Crippen molar-refractivity contribution in [3.05, 3.63) is 71.8 Å². The highest BCUT2D eigenvalue weighted by Crippen LogP contribution is 2.45. The zero-order valence-corrected chi connectivity index (χ0v) is 13.9. The number of aliphatic hydroxyl groups excluding tert-OH is 1. The van der Waals surface area contributed by atoms with Gasteiger partial charge in [0, 0.05) is 11.6 Å². The van der Waals surface area contributed by atoms with Gasteiger partial charge in [-0.1, -0.05) is 60.7 Å². The molecule has 25 heavy (non-hydrogen) atoms. The smallest absolute Gasteiger partial charge is 0.132 e. The van der Waals surface area contributed by atoms with Crippen LogP contribution in [0, 0.1) is 0 Å². The molecule has 0 radical (unpaired) electrons. The van der Waals surface area contributed by atoms with Crippen molar-refractivity contribution in [1.82, 2.24) is 5.32 Å². The van der Waals surface area contributed by atoms with Gasteiger partial charge in [-0.3, -0.25) is 5.32 Å². The van der Waals surface area contributed by atoms with Crippen LogP contribution in [-0.2, 0) is 0 Å². The summed E-state index contributed by atoms with van der Waals surface area (Å²) in [4.78, 5) is 0. The van der Waals surface area contributed by atoms with Gasteiger partial charge in [0.25, 0.3) is 0 Å². The zero-order valence-electron chi connectivity index (χ0n) is 13.9. The van der Waals surface area contributed by atoms with Crippen molar-refractivity contribution in [2.75, 3.05) is 0 Å². The molecule has 0 saturated carbocycles. The number of hydrogen-bond donors (Lipinski definition) is 2. The lowest BCUT2D eigenvalue weighted by Gasteiger charge is -2.30. The van der Waals surface area contributed by atoms with Crippen LogP contribution in [0.15, 0.2) is 60.7 Å². The second kappa shape index (κ2) is 4.48. The van der Waals surface area contributed by atoms with Gasteiger partial charge in [-0.05, 0) is 55.6 Å². The van der Waals surface area contributed by atoms with Crippen LogP contribution in [0.2, 0.25) is 0 Å². The molecule has 0 bridgehead atoms. The molecule has 1 heterocycles. The van der Waals surface area contributed by atoms with Crippen molar-refractivity contribution in [2.24, 2.45) is 0 Å². The summed E-state index contributed by atoms with van der Waals surface area (Å²) < 4.78 is 0. The molecule has 2 heteroatoms. The molecule has 0 amide bonds. The standard InChI is InChI=1S/C23H17NO/c1-12-14-8-9-17-15-6-2-4-13-5-3-7-16(20(13)15)18-10-11-19(23(25)24-12)21(14)22(17)18/h2-12,23-25H,1H3. The maximum Gasteiger partial charge on any atom is 0.132 e. The second-order valence-electron chi connectivity index (χ2n) is 7.15. The summed E-state index contributed by atoms with van der Waals surface area (Å²) in [5, 5.41) is 24.1. The summed E-state index contributed by atoms with van der Waals surface area (Å²) in [7, 11) is 0. The van der Waals surface area contributed by atoms with Crippen LogP contribution >= 0.6 is 0 Å². The van der Waals surface area contributed by atoms with E-state index in [1.165, 1.54) is 48.7 Å². The fourth-order valence-corrected chi connectivity index (χ4v) is 4.79. The first kappa shape index (κ1) is 13.6. The van der Waals surface area contributed by atoms with Gasteiger partial charge >= 0.3 is 0 Å². The molecule has 0 aromatic heterocycles. The maximum absolute atomic E-state index is 10.6. The average molecular weight is 323 g/mol. The van der Waals surface area contributed by atoms with E-state index in [-0.39, 0.29) is 6.04 Å². The van der Waals surface area contributed by atoms with Gasteiger partial charge in [0.15, 0.2) is 0 Å². The minimum Gasteiger partial charge on any atom is -0.374 e. The molecule has 0 aliphatic carbocycles. The molecule has 0 spiro atoms. The third-order valence-corrected chi connectivity index (χ3v) is 5.88. The van der Waals surface area contributed by atoms with Gasteiger partial charge in [0.1, 0.15) is 6.23 Å². The minimum atomic E-state index is -0.611. The Morgan fingerprint density at radius 1 is 0.680 bits per heavy atom. The summed E-state index contributed by atoms with van der Waals surface area (Å²) in [6.45, 7) is 2.12. The fraction of sp³-hybridized carbons (Fsp3) is 0.130. The van der Waals surface area contributed by atoms with E-state index in [1.807, 2.05) is 0 Å². The molecule has 6 rings (SSSR count). The van der Waals surface area contributed by atoms with Crippen LogP contribution in [0.4, 0.5) is 0 Å². The van der Waals surface area contributed by atoms with Gasteiger partial charge in [0.05, 0.1) is 0 Å². The van der Waals surface area contributed by atoms with Crippen LogP contribution in [0.1, 0.15) is 30.3 Å². The fourth-order valence-electron chi connectivity index (χ4n) is 4.79. The van der Waals surface area contributed by atoms with E-state index in [4.69, 9.17) is 0 Å². The Morgan fingerprint density at radius 2 is 1.28 bits per heavy atom. The third-order valence-electron chi connectivity index (χ3n) is 5.88. The van der Waals surface area contributed by atoms with Crippen LogP contribution in [-0.4, -0.2) is 5.11 Å². The lowest BCUT2D eigenvalue weighted by Crippen LogP contribution is -2.28. The highest BCUT2D eigenvalue weighted by Gasteiger charge is 2.26. The monoisotopic (exact) mass is 323 g/mol. The highest BCUT2D eigenvalue weighted by atomic mass is 16.3. The number of rotatable bonds is 0. The number of fused-ring (bicyclic) bond motifs is 2. The number of nitrogens with one attached hydrogen (secondary N) is 1. The van der Waals surface area contributed by atoms with E-state index in [0.717, 1.165) is 5.56 Å². The Kier molecular flexibility index (Phi) is 2.44. The summed E-state index contributed by atoms with van der Waals surface area (Å²) >= 11 is 0. The Bertz CT molecular complexity index is 1210. The van der Waals surface area contributed by atoms with Crippen molar-refractivity contribution in [3.8, 4) is 0 Å². The minimum absolute atomic E-state index is 0.139. The SMILES string of the molecule is CC1NC(O)c2ccc3c4cccc5cccc(c6ccc1c2c63)c54. The van der Waals surface area contributed by atoms with Crippen molar-refractivity contribution < 1.29 is 5.11 Å². The summed E-state index contributed by atoms with van der Waals surface area (Å²) in [6.07, 6.45) is -0.611. The molecule has 0 fully saturated rings. The van der Waals surface area contributed by atoms with Crippen molar-refractivity contribution in [1.29, 1.82) is 0 Å². The quantitative estimate of drug-likeness (QED) is 0.296. The topological polar surface area (TPSA) is 32.3 Å². The number of aliphatic hydroxyl groups is 1. The van der Waals surface area contributed by atoms with Gasteiger partial charge in [-0.15, -0.1) is 0 Å². The molecule has 0 saturated heterocycles. The predicted molar refractivity (Wildman–Crippen MR) is 104 cm³/mol. The molecule has 120 valence electrons. The molecule has 1 aliphatic rings. The summed E-state index contributed by atoms with van der Waals surface area (Å²) in [5.74, 6) is 0. The van der Waals surface area contributed by atoms with E-state index >= 15 is 0 Å². The molecule has 2 nitrogen and oxygen atoms in total. The first-order valence-corrected chi connectivity index (χ1v) is 8.80. The predicted octanol–water partition coefficient (Wildman–Crippen LogP) is 5.39. The lowest BCUT2D eigenvalue weighted by atomic mass is 9.83. The molecule has 1 aliphatic heterocycles.